The number of sulfonamides is 1. The average Bonchev–Trinajstić information content (AvgIpc) is 3.47. The number of ether oxygens (including phenoxy) is 2. The first-order valence-corrected chi connectivity index (χ1v) is 12.0. The Morgan fingerprint density at radius 1 is 1.12 bits per heavy atom. The Morgan fingerprint density at radius 2 is 1.91 bits per heavy atom. The lowest BCUT2D eigenvalue weighted by atomic mass is 10.1. The van der Waals surface area contributed by atoms with Gasteiger partial charge in [0.2, 0.25) is 5.91 Å². The molecule has 3 aromatic rings. The van der Waals surface area contributed by atoms with Crippen molar-refractivity contribution in [1.82, 2.24) is 14.9 Å². The number of fused-ring (bicyclic) bond motifs is 1. The summed E-state index contributed by atoms with van der Waals surface area (Å²) in [5.41, 5.74) is 2.67. The number of amides is 1. The first-order valence-electron chi connectivity index (χ1n) is 10.5. The van der Waals surface area contributed by atoms with Crippen molar-refractivity contribution in [3.05, 3.63) is 66.1 Å². The molecule has 0 radical (unpaired) electrons. The van der Waals surface area contributed by atoms with Crippen molar-refractivity contribution in [3.8, 4) is 11.5 Å². The van der Waals surface area contributed by atoms with Gasteiger partial charge in [-0.25, -0.2) is 4.98 Å². The molecule has 0 atom stereocenters. The number of nitrogens with one attached hydrogen (secondary N) is 1. The van der Waals surface area contributed by atoms with Crippen LogP contribution in [0.25, 0.3) is 0 Å². The molecule has 1 aromatic heterocycles. The molecule has 9 nitrogen and oxygen atoms in total. The van der Waals surface area contributed by atoms with E-state index in [1.807, 2.05) is 36.4 Å². The van der Waals surface area contributed by atoms with E-state index in [4.69, 9.17) is 9.47 Å². The molecule has 1 aliphatic heterocycles. The molecule has 1 aliphatic rings. The molecule has 2 aromatic carbocycles. The van der Waals surface area contributed by atoms with E-state index in [1.165, 1.54) is 21.4 Å². The molecule has 2 heterocycles. The average molecular weight is 471 g/mol. The predicted molar refractivity (Wildman–Crippen MR) is 123 cm³/mol. The van der Waals surface area contributed by atoms with Gasteiger partial charge in [-0.05, 0) is 42.2 Å². The van der Waals surface area contributed by atoms with Crippen LogP contribution in [0.15, 0.2) is 60.0 Å². The van der Waals surface area contributed by atoms with Gasteiger partial charge in [0.15, 0.2) is 16.5 Å². The Balaban J connectivity index is 1.34. The van der Waals surface area contributed by atoms with Gasteiger partial charge in [-0.2, -0.15) is 8.42 Å². The molecule has 0 saturated carbocycles. The second kappa shape index (κ2) is 9.53. The zero-order chi connectivity index (χ0) is 23.4. The minimum atomic E-state index is -3.78. The second-order valence-electron chi connectivity index (χ2n) is 7.63. The molecule has 174 valence electrons. The maximum Gasteiger partial charge on any atom is 0.283 e. The minimum absolute atomic E-state index is 0.0228. The van der Waals surface area contributed by atoms with Crippen molar-refractivity contribution < 1.29 is 22.7 Å². The van der Waals surface area contributed by atoms with Crippen LogP contribution in [0.3, 0.4) is 0 Å². The molecular formula is C23H26N4O5S. The first kappa shape index (κ1) is 22.7. The number of hydrogen-bond donors (Lipinski definition) is 1. The Morgan fingerprint density at radius 3 is 2.70 bits per heavy atom. The molecule has 1 N–H and O–H groups in total. The summed E-state index contributed by atoms with van der Waals surface area (Å²) < 4.78 is 39.5. The molecular weight excluding hydrogens is 444 g/mol. The van der Waals surface area contributed by atoms with Crippen LogP contribution in [0.1, 0.15) is 11.1 Å². The van der Waals surface area contributed by atoms with Crippen LogP contribution in [0.4, 0.5) is 5.69 Å². The van der Waals surface area contributed by atoms with E-state index in [0.717, 1.165) is 11.1 Å². The number of aromatic nitrogens is 2. The van der Waals surface area contributed by atoms with E-state index in [-0.39, 0.29) is 17.5 Å². The minimum Gasteiger partial charge on any atom is -0.493 e. The third kappa shape index (κ3) is 4.80. The van der Waals surface area contributed by atoms with Crippen molar-refractivity contribution in [2.75, 3.05) is 31.6 Å². The van der Waals surface area contributed by atoms with Gasteiger partial charge in [-0.3, -0.25) is 9.10 Å². The predicted octanol–water partition coefficient (Wildman–Crippen LogP) is 2.01. The topological polar surface area (TPSA) is 103 Å². The molecule has 0 fully saturated rings. The van der Waals surface area contributed by atoms with Gasteiger partial charge in [-0.1, -0.05) is 24.3 Å². The molecule has 4 rings (SSSR count). The lowest BCUT2D eigenvalue weighted by molar-refractivity contribution is -0.121. The van der Waals surface area contributed by atoms with Gasteiger partial charge < -0.3 is 19.4 Å². The lowest BCUT2D eigenvalue weighted by Crippen LogP contribution is -2.30. The van der Waals surface area contributed by atoms with Gasteiger partial charge >= 0.3 is 0 Å². The fourth-order valence-electron chi connectivity index (χ4n) is 3.83. The highest BCUT2D eigenvalue weighted by Gasteiger charge is 2.32. The van der Waals surface area contributed by atoms with Gasteiger partial charge in [0.25, 0.3) is 10.0 Å². The van der Waals surface area contributed by atoms with Crippen molar-refractivity contribution >= 4 is 21.6 Å². The van der Waals surface area contributed by atoms with Crippen molar-refractivity contribution in [1.29, 1.82) is 0 Å². The van der Waals surface area contributed by atoms with Crippen molar-refractivity contribution in [3.63, 3.8) is 0 Å². The highest BCUT2D eigenvalue weighted by atomic mass is 32.2. The zero-order valence-corrected chi connectivity index (χ0v) is 19.3. The summed E-state index contributed by atoms with van der Waals surface area (Å²) in [4.78, 5) is 16.4. The highest BCUT2D eigenvalue weighted by Crippen LogP contribution is 2.32. The normalized spacial score (nSPS) is 13.0. The van der Waals surface area contributed by atoms with Crippen LogP contribution in [-0.2, 0) is 34.2 Å². The Bertz CT molecular complexity index is 1260. The standard InChI is InChI=1S/C23H26N4O5S/c1-31-20-8-7-17(13-21(20)32-2)9-11-24-22(28)14-26-15-23(25-16-26)33(29,30)27-12-10-18-5-3-4-6-19(18)27/h3-8,13,15-16H,9-12,14H2,1-2H3,(H,24,28). The Hall–Kier alpha value is -3.53. The monoisotopic (exact) mass is 470 g/mol. The molecule has 10 heteroatoms. The number of methoxy groups -OCH3 is 2. The number of carbonyl (C=O) groups is 1. The summed E-state index contributed by atoms with van der Waals surface area (Å²) in [5, 5.41) is 2.77. The number of imidazole rings is 1. The van der Waals surface area contributed by atoms with E-state index in [2.05, 4.69) is 10.3 Å². The Labute approximate surface area is 193 Å². The third-order valence-corrected chi connectivity index (χ3v) is 7.22. The number of benzene rings is 2. The molecule has 1 amide bonds. The van der Waals surface area contributed by atoms with E-state index in [0.29, 0.717) is 43.1 Å². The van der Waals surface area contributed by atoms with Crippen LogP contribution in [0.5, 0.6) is 11.5 Å². The van der Waals surface area contributed by atoms with E-state index >= 15 is 0 Å². The van der Waals surface area contributed by atoms with Gasteiger partial charge in [0.05, 0.1) is 26.2 Å². The highest BCUT2D eigenvalue weighted by molar-refractivity contribution is 7.92. The maximum absolute atomic E-state index is 13.1. The van der Waals surface area contributed by atoms with Crippen molar-refractivity contribution in [2.45, 2.75) is 24.4 Å². The largest absolute Gasteiger partial charge is 0.493 e. The maximum atomic E-state index is 13.1. The van der Waals surface area contributed by atoms with Gasteiger partial charge in [-0.15, -0.1) is 0 Å². The fraction of sp³-hybridized carbons (Fsp3) is 0.304. The van der Waals surface area contributed by atoms with Crippen LogP contribution >= 0.6 is 0 Å². The first-order chi connectivity index (χ1) is 15.9. The zero-order valence-electron chi connectivity index (χ0n) is 18.5. The number of anilines is 1. The summed E-state index contributed by atoms with van der Waals surface area (Å²) >= 11 is 0. The third-order valence-electron chi connectivity index (χ3n) is 5.52. The fourth-order valence-corrected chi connectivity index (χ4v) is 5.28. The molecule has 33 heavy (non-hydrogen) atoms. The lowest BCUT2D eigenvalue weighted by Gasteiger charge is -2.17. The van der Waals surface area contributed by atoms with Crippen LogP contribution < -0.4 is 19.1 Å². The van der Waals surface area contributed by atoms with Crippen LogP contribution in [0, 0.1) is 0 Å². The van der Waals surface area contributed by atoms with Crippen LogP contribution in [-0.4, -0.2) is 51.2 Å². The van der Waals surface area contributed by atoms with Crippen LogP contribution in [0.2, 0.25) is 0 Å². The number of hydrogen-bond acceptors (Lipinski definition) is 6. The van der Waals surface area contributed by atoms with Gasteiger partial charge in [0, 0.05) is 19.3 Å². The summed E-state index contributed by atoms with van der Waals surface area (Å²) in [6.45, 7) is 0.787. The summed E-state index contributed by atoms with van der Waals surface area (Å²) in [6.07, 6.45) is 4.04. The summed E-state index contributed by atoms with van der Waals surface area (Å²) in [6, 6.07) is 13.0. The summed E-state index contributed by atoms with van der Waals surface area (Å²) in [5.74, 6) is 1.05. The number of para-hydroxylation sites is 1. The molecule has 0 unspecified atom stereocenters. The summed E-state index contributed by atoms with van der Waals surface area (Å²) in [7, 11) is -0.632. The Kier molecular flexibility index (Phi) is 6.55. The quantitative estimate of drug-likeness (QED) is 0.513. The smallest absolute Gasteiger partial charge is 0.283 e. The molecule has 0 spiro atoms. The van der Waals surface area contributed by atoms with Crippen molar-refractivity contribution in [2.24, 2.45) is 0 Å². The molecule has 0 bridgehead atoms. The number of rotatable bonds is 9. The molecule has 0 saturated heterocycles. The van der Waals surface area contributed by atoms with E-state index in [9.17, 15) is 13.2 Å². The van der Waals surface area contributed by atoms with E-state index in [1.54, 1.807) is 20.3 Å². The van der Waals surface area contributed by atoms with E-state index < -0.39 is 10.0 Å². The number of carbonyl (C=O) groups excluding carboxylic acids is 1. The SMILES string of the molecule is COc1ccc(CCNC(=O)Cn2cnc(S(=O)(=O)N3CCc4ccccc43)c2)cc1OC. The second-order valence-corrected chi connectivity index (χ2v) is 9.44. The molecule has 0 aliphatic carbocycles. The van der Waals surface area contributed by atoms with Gasteiger partial charge in [0.1, 0.15) is 6.54 Å². The number of nitrogens with zero attached hydrogens (tertiary/aromatic N) is 3.